The molecule has 12 heavy (non-hydrogen) atoms. The molecule has 0 spiro atoms. The van der Waals surface area contributed by atoms with Gasteiger partial charge in [0, 0.05) is 6.07 Å². The lowest BCUT2D eigenvalue weighted by Gasteiger charge is -2.04. The van der Waals surface area contributed by atoms with Crippen LogP contribution in [0.15, 0.2) is 22.7 Å². The maximum Gasteiger partial charge on any atom is 0.141 e. The van der Waals surface area contributed by atoms with Crippen molar-refractivity contribution in [3.05, 3.63) is 28.7 Å². The minimum atomic E-state index is 0.297. The Bertz CT molecular complexity index is 271. The first-order valence-corrected chi connectivity index (χ1v) is 4.56. The van der Waals surface area contributed by atoms with E-state index >= 15 is 0 Å². The molecule has 0 aliphatic carbocycles. The third-order valence-electron chi connectivity index (χ3n) is 1.59. The summed E-state index contributed by atoms with van der Waals surface area (Å²) in [6.45, 7) is 1.45. The first-order valence-electron chi connectivity index (χ1n) is 3.77. The Morgan fingerprint density at radius 1 is 1.75 bits per heavy atom. The summed E-state index contributed by atoms with van der Waals surface area (Å²) in [4.78, 5) is 0. The lowest BCUT2D eigenvalue weighted by atomic mass is 10.3. The van der Waals surface area contributed by atoms with E-state index < -0.39 is 0 Å². The number of para-hydroxylation sites is 1. The predicted octanol–water partition coefficient (Wildman–Crippen LogP) is 2.03. The molecule has 1 heterocycles. The van der Waals surface area contributed by atoms with Crippen LogP contribution in [-0.4, -0.2) is 19.3 Å². The van der Waals surface area contributed by atoms with Crippen molar-refractivity contribution in [2.24, 2.45) is 0 Å². The van der Waals surface area contributed by atoms with E-state index in [-0.39, 0.29) is 0 Å². The predicted molar refractivity (Wildman–Crippen MR) is 48.2 cm³/mol. The van der Waals surface area contributed by atoms with E-state index in [0.717, 1.165) is 16.8 Å². The molecule has 1 aliphatic rings. The summed E-state index contributed by atoms with van der Waals surface area (Å²) < 4.78 is 11.4. The second kappa shape index (κ2) is 3.46. The van der Waals surface area contributed by atoms with Gasteiger partial charge in [0.1, 0.15) is 18.5 Å². The van der Waals surface area contributed by atoms with E-state index in [9.17, 15) is 0 Å². The van der Waals surface area contributed by atoms with Gasteiger partial charge in [0.15, 0.2) is 0 Å². The highest BCUT2D eigenvalue weighted by molar-refractivity contribution is 9.10. The molecule has 0 aromatic heterocycles. The SMILES string of the molecule is Brc1ccc[c]c1OCC1CO1. The molecule has 0 amide bonds. The second-order valence-corrected chi connectivity index (χ2v) is 3.47. The van der Waals surface area contributed by atoms with Crippen molar-refractivity contribution in [2.45, 2.75) is 6.10 Å². The molecular weight excluding hydrogens is 220 g/mol. The van der Waals surface area contributed by atoms with Crippen molar-refractivity contribution in [1.82, 2.24) is 0 Å². The number of hydrogen-bond acceptors (Lipinski definition) is 2. The molecule has 3 heteroatoms. The molecule has 1 saturated heterocycles. The topological polar surface area (TPSA) is 21.8 Å². The maximum atomic E-state index is 5.43. The molecule has 1 aromatic rings. The van der Waals surface area contributed by atoms with Gasteiger partial charge in [-0.05, 0) is 22.0 Å². The minimum absolute atomic E-state index is 0.297. The first kappa shape index (κ1) is 8.08. The maximum absolute atomic E-state index is 5.43. The second-order valence-electron chi connectivity index (χ2n) is 2.61. The normalized spacial score (nSPS) is 20.6. The molecule has 0 N–H and O–H groups in total. The molecule has 1 atom stereocenters. The lowest BCUT2D eigenvalue weighted by Crippen LogP contribution is -2.04. The molecule has 1 fully saturated rings. The molecule has 1 radical (unpaired) electrons. The van der Waals surface area contributed by atoms with Gasteiger partial charge in [-0.1, -0.05) is 12.1 Å². The quantitative estimate of drug-likeness (QED) is 0.738. The average Bonchev–Trinajstić information content (AvgIpc) is 2.86. The van der Waals surface area contributed by atoms with Crippen molar-refractivity contribution >= 4 is 15.9 Å². The number of halogens is 1. The van der Waals surface area contributed by atoms with Crippen molar-refractivity contribution in [2.75, 3.05) is 13.2 Å². The van der Waals surface area contributed by atoms with Crippen LogP contribution in [0, 0.1) is 6.07 Å². The van der Waals surface area contributed by atoms with Crippen LogP contribution in [0.3, 0.4) is 0 Å². The minimum Gasteiger partial charge on any atom is -0.489 e. The summed E-state index contributed by atoms with van der Waals surface area (Å²) >= 11 is 3.37. The highest BCUT2D eigenvalue weighted by Gasteiger charge is 2.23. The Morgan fingerprint density at radius 2 is 2.58 bits per heavy atom. The molecule has 0 bridgehead atoms. The van der Waals surface area contributed by atoms with Crippen molar-refractivity contribution in [1.29, 1.82) is 0 Å². The highest BCUT2D eigenvalue weighted by Crippen LogP contribution is 2.24. The number of hydrogen-bond donors (Lipinski definition) is 0. The van der Waals surface area contributed by atoms with Gasteiger partial charge >= 0.3 is 0 Å². The van der Waals surface area contributed by atoms with E-state index in [2.05, 4.69) is 22.0 Å². The van der Waals surface area contributed by atoms with Crippen LogP contribution in [0.2, 0.25) is 0 Å². The van der Waals surface area contributed by atoms with Crippen LogP contribution in [-0.2, 0) is 4.74 Å². The Hall–Kier alpha value is -0.540. The van der Waals surface area contributed by atoms with Crippen LogP contribution < -0.4 is 4.74 Å². The Balaban J connectivity index is 1.96. The van der Waals surface area contributed by atoms with E-state index in [0.29, 0.717) is 12.7 Å². The van der Waals surface area contributed by atoms with E-state index in [4.69, 9.17) is 9.47 Å². The van der Waals surface area contributed by atoms with Crippen LogP contribution in [0.1, 0.15) is 0 Å². The summed E-state index contributed by atoms with van der Waals surface area (Å²) in [7, 11) is 0. The number of ether oxygens (including phenoxy) is 2. The fourth-order valence-corrected chi connectivity index (χ4v) is 1.23. The van der Waals surface area contributed by atoms with Crippen LogP contribution >= 0.6 is 15.9 Å². The van der Waals surface area contributed by atoms with Gasteiger partial charge in [-0.15, -0.1) is 0 Å². The first-order chi connectivity index (χ1) is 5.86. The monoisotopic (exact) mass is 227 g/mol. The van der Waals surface area contributed by atoms with Gasteiger partial charge in [0.05, 0.1) is 11.1 Å². The van der Waals surface area contributed by atoms with Crippen LogP contribution in [0.25, 0.3) is 0 Å². The summed E-state index contributed by atoms with van der Waals surface area (Å²) in [5, 5.41) is 0. The fraction of sp³-hybridized carbons (Fsp3) is 0.333. The van der Waals surface area contributed by atoms with Crippen molar-refractivity contribution in [3.8, 4) is 5.75 Å². The molecular formula is C9H8BrO2. The molecule has 1 aromatic carbocycles. The molecule has 2 rings (SSSR count). The van der Waals surface area contributed by atoms with E-state index in [1.807, 2.05) is 18.2 Å². The third-order valence-corrected chi connectivity index (χ3v) is 2.21. The number of epoxide rings is 1. The van der Waals surface area contributed by atoms with Crippen molar-refractivity contribution < 1.29 is 9.47 Å². The lowest BCUT2D eigenvalue weighted by molar-refractivity contribution is 0.261. The summed E-state index contributed by atoms with van der Waals surface area (Å²) in [5.41, 5.74) is 0. The Kier molecular flexibility index (Phi) is 2.33. The molecule has 1 unspecified atom stereocenters. The smallest absolute Gasteiger partial charge is 0.141 e. The molecule has 0 saturated carbocycles. The Morgan fingerprint density at radius 3 is 3.25 bits per heavy atom. The number of benzene rings is 1. The van der Waals surface area contributed by atoms with Crippen LogP contribution in [0.4, 0.5) is 0 Å². The van der Waals surface area contributed by atoms with Gasteiger partial charge in [-0.2, -0.15) is 0 Å². The van der Waals surface area contributed by atoms with Gasteiger partial charge < -0.3 is 9.47 Å². The molecule has 1 aliphatic heterocycles. The average molecular weight is 228 g/mol. The zero-order valence-electron chi connectivity index (χ0n) is 6.42. The highest BCUT2D eigenvalue weighted by atomic mass is 79.9. The molecule has 63 valence electrons. The largest absolute Gasteiger partial charge is 0.489 e. The van der Waals surface area contributed by atoms with Gasteiger partial charge in [0.2, 0.25) is 0 Å². The summed E-state index contributed by atoms with van der Waals surface area (Å²) in [6, 6.07) is 8.66. The standard InChI is InChI=1S/C9H8BrO2/c10-8-3-1-2-4-9(8)12-6-7-5-11-7/h1-3,7H,5-6H2. The summed E-state index contributed by atoms with van der Waals surface area (Å²) in [5.74, 6) is 0.757. The zero-order chi connectivity index (χ0) is 8.39. The third kappa shape index (κ3) is 1.99. The summed E-state index contributed by atoms with van der Waals surface area (Å²) in [6.07, 6.45) is 0.297. The van der Waals surface area contributed by atoms with Crippen LogP contribution in [0.5, 0.6) is 5.75 Å². The van der Waals surface area contributed by atoms with Gasteiger partial charge in [-0.25, -0.2) is 0 Å². The zero-order valence-corrected chi connectivity index (χ0v) is 8.00. The van der Waals surface area contributed by atoms with E-state index in [1.165, 1.54) is 0 Å². The Labute approximate surface area is 79.6 Å². The van der Waals surface area contributed by atoms with Crippen molar-refractivity contribution in [3.63, 3.8) is 0 Å². The van der Waals surface area contributed by atoms with E-state index in [1.54, 1.807) is 0 Å². The van der Waals surface area contributed by atoms with Gasteiger partial charge in [0.25, 0.3) is 0 Å². The molecule has 2 nitrogen and oxygen atoms in total. The number of rotatable bonds is 3. The van der Waals surface area contributed by atoms with Gasteiger partial charge in [-0.3, -0.25) is 0 Å². The fourth-order valence-electron chi connectivity index (χ4n) is 0.852.